The molecule has 108 valence electrons. The summed E-state index contributed by atoms with van der Waals surface area (Å²) in [6, 6.07) is 6.95. The van der Waals surface area contributed by atoms with Gasteiger partial charge < -0.3 is 10.5 Å². The average Bonchev–Trinajstić information content (AvgIpc) is 2.65. The van der Waals surface area contributed by atoms with Crippen molar-refractivity contribution >= 4 is 43.2 Å². The summed E-state index contributed by atoms with van der Waals surface area (Å²) in [6.07, 6.45) is -4.71. The molecule has 1 aromatic heterocycles. The summed E-state index contributed by atoms with van der Waals surface area (Å²) in [5.41, 5.74) is 7.42. The Morgan fingerprint density at radius 2 is 1.90 bits per heavy atom. The van der Waals surface area contributed by atoms with Crippen molar-refractivity contribution in [1.29, 1.82) is 0 Å². The molecule has 1 aromatic carbocycles. The van der Waals surface area contributed by atoms with Crippen LogP contribution in [0.5, 0.6) is 5.75 Å². The van der Waals surface area contributed by atoms with E-state index < -0.39 is 12.4 Å². The maximum absolute atomic E-state index is 12.2. The average molecular weight is 431 g/mol. The first-order valence-electron chi connectivity index (χ1n) is 5.32. The van der Waals surface area contributed by atoms with E-state index in [2.05, 4.69) is 36.6 Å². The zero-order valence-corrected chi connectivity index (χ0v) is 13.7. The third-order valence-corrected chi connectivity index (χ3v) is 4.85. The number of benzene rings is 1. The van der Waals surface area contributed by atoms with Crippen LogP contribution in [0.4, 0.5) is 13.2 Å². The van der Waals surface area contributed by atoms with E-state index in [4.69, 9.17) is 5.73 Å². The molecule has 20 heavy (non-hydrogen) atoms. The van der Waals surface area contributed by atoms with Gasteiger partial charge in [-0.25, -0.2) is 0 Å². The number of ether oxygens (including phenoxy) is 1. The number of hydrogen-bond donors (Lipinski definition) is 1. The minimum absolute atomic E-state index is 0.282. The first-order chi connectivity index (χ1) is 9.26. The molecule has 0 aliphatic rings. The van der Waals surface area contributed by atoms with E-state index in [1.54, 1.807) is 6.07 Å². The molecular formula is C12H8Br2F3NOS. The lowest BCUT2D eigenvalue weighted by atomic mass is 10.0. The van der Waals surface area contributed by atoms with Gasteiger partial charge in [-0.3, -0.25) is 0 Å². The highest BCUT2D eigenvalue weighted by atomic mass is 79.9. The first kappa shape index (κ1) is 15.8. The fraction of sp³-hybridized carbons (Fsp3) is 0.167. The van der Waals surface area contributed by atoms with E-state index in [-0.39, 0.29) is 5.75 Å². The Balaban J connectivity index is 2.29. The molecule has 0 saturated heterocycles. The van der Waals surface area contributed by atoms with E-state index >= 15 is 0 Å². The number of nitrogens with two attached hydrogens (primary N) is 1. The molecule has 0 fully saturated rings. The number of hydrogen-bond acceptors (Lipinski definition) is 3. The maximum atomic E-state index is 12.2. The number of halogens is 5. The molecule has 2 N–H and O–H groups in total. The lowest BCUT2D eigenvalue weighted by Crippen LogP contribution is -2.18. The molecule has 0 amide bonds. The third-order valence-electron chi connectivity index (χ3n) is 2.47. The van der Waals surface area contributed by atoms with Gasteiger partial charge in [-0.05, 0) is 61.2 Å². The molecule has 0 bridgehead atoms. The Kier molecular flexibility index (Phi) is 4.78. The Morgan fingerprint density at radius 3 is 2.45 bits per heavy atom. The van der Waals surface area contributed by atoms with Crippen LogP contribution in [0.15, 0.2) is 37.9 Å². The molecule has 2 rings (SSSR count). The standard InChI is InChI=1S/C12H8Br2F3NOS/c13-9-5-8(11(14)20-9)10(18)6-2-1-3-7(4-6)19-12(15,16)17/h1-5,10H,18H2. The molecule has 2 aromatic rings. The predicted octanol–water partition coefficient (Wildman–Crippen LogP) is 5.22. The third kappa shape index (κ3) is 3.97. The Morgan fingerprint density at radius 1 is 1.20 bits per heavy atom. The molecule has 0 saturated carbocycles. The van der Waals surface area contributed by atoms with Crippen molar-refractivity contribution < 1.29 is 17.9 Å². The van der Waals surface area contributed by atoms with Gasteiger partial charge in [-0.2, -0.15) is 0 Å². The van der Waals surface area contributed by atoms with Crippen LogP contribution >= 0.6 is 43.2 Å². The van der Waals surface area contributed by atoms with E-state index in [9.17, 15) is 13.2 Å². The normalized spacial score (nSPS) is 13.3. The molecule has 0 spiro atoms. The van der Waals surface area contributed by atoms with Gasteiger partial charge in [-0.1, -0.05) is 12.1 Å². The van der Waals surface area contributed by atoms with Crippen LogP contribution in [0.25, 0.3) is 0 Å². The van der Waals surface area contributed by atoms with Crippen molar-refractivity contribution in [2.75, 3.05) is 0 Å². The molecule has 2 nitrogen and oxygen atoms in total. The lowest BCUT2D eigenvalue weighted by Gasteiger charge is -2.14. The number of rotatable bonds is 3. The Hall–Kier alpha value is -0.570. The van der Waals surface area contributed by atoms with Gasteiger partial charge in [-0.15, -0.1) is 24.5 Å². The highest BCUT2D eigenvalue weighted by molar-refractivity contribution is 9.12. The van der Waals surface area contributed by atoms with Crippen molar-refractivity contribution in [3.63, 3.8) is 0 Å². The zero-order valence-electron chi connectivity index (χ0n) is 9.75. The quantitative estimate of drug-likeness (QED) is 0.724. The fourth-order valence-corrected chi connectivity index (χ4v) is 4.58. The summed E-state index contributed by atoms with van der Waals surface area (Å²) < 4.78 is 42.2. The summed E-state index contributed by atoms with van der Waals surface area (Å²) in [5, 5.41) is 0. The SMILES string of the molecule is NC(c1cccc(OC(F)(F)F)c1)c1cc(Br)sc1Br. The van der Waals surface area contributed by atoms with Gasteiger partial charge in [0.05, 0.1) is 13.6 Å². The minimum atomic E-state index is -4.71. The summed E-state index contributed by atoms with van der Waals surface area (Å²) in [7, 11) is 0. The highest BCUT2D eigenvalue weighted by Gasteiger charge is 2.31. The van der Waals surface area contributed by atoms with Crippen molar-refractivity contribution in [2.24, 2.45) is 5.73 Å². The first-order valence-corrected chi connectivity index (χ1v) is 7.72. The second kappa shape index (κ2) is 6.05. The maximum Gasteiger partial charge on any atom is 0.573 e. The molecule has 0 aliphatic carbocycles. The summed E-state index contributed by atoms with van der Waals surface area (Å²) >= 11 is 8.17. The molecule has 8 heteroatoms. The van der Waals surface area contributed by atoms with Gasteiger partial charge in [0.25, 0.3) is 0 Å². The van der Waals surface area contributed by atoms with Crippen molar-refractivity contribution in [1.82, 2.24) is 0 Å². The summed E-state index contributed by atoms with van der Waals surface area (Å²) in [5.74, 6) is -0.282. The number of thiophene rings is 1. The van der Waals surface area contributed by atoms with Crippen LogP contribution in [0.3, 0.4) is 0 Å². The molecular weight excluding hydrogens is 423 g/mol. The smallest absolute Gasteiger partial charge is 0.406 e. The Labute approximate surface area is 134 Å². The number of alkyl halides is 3. The summed E-state index contributed by atoms with van der Waals surface area (Å²) in [4.78, 5) is 0. The van der Waals surface area contributed by atoms with Crippen molar-refractivity contribution in [3.8, 4) is 5.75 Å². The van der Waals surface area contributed by atoms with Crippen LogP contribution < -0.4 is 10.5 Å². The van der Waals surface area contributed by atoms with Gasteiger partial charge in [0.15, 0.2) is 0 Å². The topological polar surface area (TPSA) is 35.2 Å². The summed E-state index contributed by atoms with van der Waals surface area (Å²) in [6.45, 7) is 0. The highest BCUT2D eigenvalue weighted by Crippen LogP contribution is 2.37. The van der Waals surface area contributed by atoms with E-state index in [1.807, 2.05) is 6.07 Å². The monoisotopic (exact) mass is 429 g/mol. The van der Waals surface area contributed by atoms with Crippen LogP contribution in [0.2, 0.25) is 0 Å². The molecule has 1 unspecified atom stereocenters. The fourth-order valence-electron chi connectivity index (χ4n) is 1.65. The predicted molar refractivity (Wildman–Crippen MR) is 78.9 cm³/mol. The van der Waals surface area contributed by atoms with Crippen LogP contribution in [-0.2, 0) is 0 Å². The molecule has 1 atom stereocenters. The molecule has 0 radical (unpaired) electrons. The van der Waals surface area contributed by atoms with Crippen LogP contribution in [0.1, 0.15) is 17.2 Å². The second-order valence-electron chi connectivity index (χ2n) is 3.88. The van der Waals surface area contributed by atoms with Gasteiger partial charge in [0.1, 0.15) is 5.75 Å². The van der Waals surface area contributed by atoms with Crippen molar-refractivity contribution in [3.05, 3.63) is 49.0 Å². The largest absolute Gasteiger partial charge is 0.573 e. The second-order valence-corrected chi connectivity index (χ2v) is 7.63. The zero-order chi connectivity index (χ0) is 14.9. The lowest BCUT2D eigenvalue weighted by molar-refractivity contribution is -0.274. The van der Waals surface area contributed by atoms with E-state index in [1.165, 1.54) is 29.5 Å². The molecule has 0 aliphatic heterocycles. The van der Waals surface area contributed by atoms with Crippen LogP contribution in [-0.4, -0.2) is 6.36 Å². The van der Waals surface area contributed by atoms with Gasteiger partial charge in [0, 0.05) is 0 Å². The van der Waals surface area contributed by atoms with Crippen molar-refractivity contribution in [2.45, 2.75) is 12.4 Å². The van der Waals surface area contributed by atoms with E-state index in [0.29, 0.717) is 5.56 Å². The van der Waals surface area contributed by atoms with Crippen LogP contribution in [0, 0.1) is 0 Å². The minimum Gasteiger partial charge on any atom is -0.406 e. The van der Waals surface area contributed by atoms with Gasteiger partial charge >= 0.3 is 6.36 Å². The molecule has 1 heterocycles. The van der Waals surface area contributed by atoms with Gasteiger partial charge in [0.2, 0.25) is 0 Å². The van der Waals surface area contributed by atoms with E-state index in [0.717, 1.165) is 13.1 Å². The Bertz CT molecular complexity index is 615.